The first-order chi connectivity index (χ1) is 9.54. The van der Waals surface area contributed by atoms with E-state index in [1.807, 2.05) is 0 Å². The van der Waals surface area contributed by atoms with Crippen molar-refractivity contribution in [3.63, 3.8) is 0 Å². The average molecular weight is 411 g/mol. The molecule has 1 amide bonds. The number of hydrogen-bond donors (Lipinski definition) is 0. The van der Waals surface area contributed by atoms with Crippen LogP contribution in [0.3, 0.4) is 0 Å². The first-order valence-electron chi connectivity index (χ1n) is 7.85. The Morgan fingerprint density at radius 1 is 1.26 bits per heavy atom. The Morgan fingerprint density at radius 2 is 1.74 bits per heavy atom. The van der Waals surface area contributed by atoms with Crippen molar-refractivity contribution in [2.24, 2.45) is 11.8 Å². The normalized spacial score (nSPS) is 18.4. The van der Waals surface area contributed by atoms with E-state index in [4.69, 9.17) is 5.73 Å². The molecule has 1 saturated carbocycles. The molecule has 0 heterocycles. The average Bonchev–Trinajstić information content (AvgIpc) is 2.87. The number of carbonyl (C=O) groups is 1. The molecule has 2 aliphatic carbocycles. The van der Waals surface area contributed by atoms with Gasteiger partial charge in [-0.2, -0.15) is 6.08 Å². The molecule has 0 bridgehead atoms. The zero-order chi connectivity index (χ0) is 15.4. The third kappa shape index (κ3) is 17.1. The topological polar surface area (TPSA) is 40.9 Å². The molecule has 0 spiro atoms. The number of rotatable bonds is 2. The molecule has 2 aliphatic rings. The number of carbonyl (C=O) groups excluding carboxylic acids is 1. The van der Waals surface area contributed by atoms with Crippen molar-refractivity contribution >= 4 is 15.4 Å². The Kier molecular flexibility index (Phi) is 27.9. The molecular formula is C17H30Cl2NOSiTi. The fourth-order valence-corrected chi connectivity index (χ4v) is 2.23. The summed E-state index contributed by atoms with van der Waals surface area (Å²) >= 11 is 0. The van der Waals surface area contributed by atoms with Gasteiger partial charge in [-0.15, -0.1) is 0 Å². The molecule has 0 saturated heterocycles. The monoisotopic (exact) mass is 410 g/mol. The van der Waals surface area contributed by atoms with Gasteiger partial charge in [0.15, 0.2) is 0 Å². The zero-order valence-corrected chi connectivity index (χ0v) is 19.0. The Hall–Kier alpha value is 0.461. The fraction of sp³-hybridized carbons (Fsp3) is 0.706. The third-order valence-electron chi connectivity index (χ3n) is 3.36. The summed E-state index contributed by atoms with van der Waals surface area (Å²) in [6, 6.07) is 0. The number of allylic oxidation sites excluding steroid dienone is 4. The second kappa shape index (κ2) is 20.5. The van der Waals surface area contributed by atoms with E-state index >= 15 is 0 Å². The minimum Gasteiger partial charge on any atom is -1.00 e. The summed E-state index contributed by atoms with van der Waals surface area (Å²) in [5.74, 6) is 0.290. The Balaban J connectivity index is -0.000000121. The van der Waals surface area contributed by atoms with Crippen molar-refractivity contribution in [3.8, 4) is 0 Å². The molecule has 2 rings (SSSR count). The Bertz CT molecular complexity index is 333. The summed E-state index contributed by atoms with van der Waals surface area (Å²) in [5, 5.41) is 0. The van der Waals surface area contributed by atoms with Crippen LogP contribution in [0.4, 0.5) is 0 Å². The summed E-state index contributed by atoms with van der Waals surface area (Å²) in [6.45, 7) is 8.73. The first kappa shape index (κ1) is 31.3. The second-order valence-electron chi connectivity index (χ2n) is 5.45. The SMILES string of the molecule is CCC1=[C-]C(C)C=C1.C[SiH]C.[Cl-].[Cl-].[NH-]C(=O)C1CCCCC1.[Ti+4]. The van der Waals surface area contributed by atoms with Crippen molar-refractivity contribution in [3.05, 3.63) is 29.5 Å². The molecule has 1 radical (unpaired) electrons. The minimum absolute atomic E-state index is 0. The van der Waals surface area contributed by atoms with Gasteiger partial charge in [-0.05, 0) is 12.8 Å². The zero-order valence-electron chi connectivity index (χ0n) is 14.8. The van der Waals surface area contributed by atoms with E-state index in [9.17, 15) is 4.79 Å². The van der Waals surface area contributed by atoms with E-state index in [0.29, 0.717) is 5.92 Å². The molecule has 1 unspecified atom stereocenters. The van der Waals surface area contributed by atoms with Crippen LogP contribution in [0.1, 0.15) is 52.4 Å². The molecule has 2 nitrogen and oxygen atoms in total. The van der Waals surface area contributed by atoms with Crippen LogP contribution < -0.4 is 24.8 Å². The molecule has 1 atom stereocenters. The van der Waals surface area contributed by atoms with Crippen LogP contribution in [0.25, 0.3) is 5.73 Å². The second-order valence-corrected chi connectivity index (χ2v) is 6.60. The maximum absolute atomic E-state index is 10.5. The van der Waals surface area contributed by atoms with Gasteiger partial charge < -0.3 is 35.3 Å². The molecule has 0 aromatic heterocycles. The van der Waals surface area contributed by atoms with Gasteiger partial charge in [0.05, 0.1) is 5.91 Å². The number of halogens is 2. The third-order valence-corrected chi connectivity index (χ3v) is 3.36. The maximum Gasteiger partial charge on any atom is 4.00 e. The van der Waals surface area contributed by atoms with E-state index in [1.165, 1.54) is 12.0 Å². The van der Waals surface area contributed by atoms with Gasteiger partial charge in [0.1, 0.15) is 0 Å². The van der Waals surface area contributed by atoms with Crippen LogP contribution >= 0.6 is 0 Å². The molecule has 0 aromatic rings. The standard InChI is InChI=1S/C8H11.C7H13NO.C2H7Si.2ClH.Ti/c1-3-8-5-4-7(2)6-8;8-7(9)6-4-2-1-3-5-6;1-3-2;;;/h4-5,7H,3H2,1-2H3;6H,1-5H2,(H2,8,9);3H,1-2H3;2*1H;/q-1;;;;;+4/p-3. The molecule has 131 valence electrons. The quantitative estimate of drug-likeness (QED) is 0.425. The van der Waals surface area contributed by atoms with Crippen LogP contribution in [-0.2, 0) is 26.5 Å². The van der Waals surface area contributed by atoms with E-state index in [-0.39, 0.29) is 58.4 Å². The number of hydrogen-bond acceptors (Lipinski definition) is 1. The van der Waals surface area contributed by atoms with E-state index in [2.05, 4.69) is 45.2 Å². The number of nitrogens with one attached hydrogen (secondary N) is 1. The summed E-state index contributed by atoms with van der Waals surface area (Å²) in [7, 11) is 0.750. The minimum atomic E-state index is -0.352. The maximum atomic E-state index is 10.5. The van der Waals surface area contributed by atoms with Gasteiger partial charge in [-0.1, -0.05) is 58.5 Å². The van der Waals surface area contributed by atoms with E-state index in [0.717, 1.165) is 41.6 Å². The predicted molar refractivity (Wildman–Crippen MR) is 90.1 cm³/mol. The fourth-order valence-electron chi connectivity index (χ4n) is 2.23. The largest absolute Gasteiger partial charge is 4.00 e. The van der Waals surface area contributed by atoms with Crippen LogP contribution in [0.15, 0.2) is 17.7 Å². The van der Waals surface area contributed by atoms with Gasteiger partial charge in [0.2, 0.25) is 0 Å². The summed E-state index contributed by atoms with van der Waals surface area (Å²) < 4.78 is 0. The molecule has 1 N–H and O–H groups in total. The number of amides is 1. The molecule has 6 heteroatoms. The summed E-state index contributed by atoms with van der Waals surface area (Å²) in [6.07, 6.45) is 14.2. The van der Waals surface area contributed by atoms with Crippen LogP contribution in [0, 0.1) is 17.9 Å². The molecular weight excluding hydrogens is 381 g/mol. The first-order valence-corrected chi connectivity index (χ1v) is 10.2. The van der Waals surface area contributed by atoms with Crippen molar-refractivity contribution in [2.75, 3.05) is 0 Å². The van der Waals surface area contributed by atoms with Crippen molar-refractivity contribution < 1.29 is 51.3 Å². The Morgan fingerprint density at radius 3 is 1.96 bits per heavy atom. The summed E-state index contributed by atoms with van der Waals surface area (Å²) in [5.41, 5.74) is 8.19. The molecule has 23 heavy (non-hydrogen) atoms. The van der Waals surface area contributed by atoms with Crippen LogP contribution in [0.5, 0.6) is 0 Å². The van der Waals surface area contributed by atoms with Gasteiger partial charge in [-0.25, -0.2) is 11.6 Å². The smallest absolute Gasteiger partial charge is 1.00 e. The van der Waals surface area contributed by atoms with Crippen molar-refractivity contribution in [1.29, 1.82) is 0 Å². The predicted octanol–water partition coefficient (Wildman–Crippen LogP) is -0.998. The van der Waals surface area contributed by atoms with Crippen molar-refractivity contribution in [1.82, 2.24) is 0 Å². The summed E-state index contributed by atoms with van der Waals surface area (Å²) in [4.78, 5) is 10.5. The van der Waals surface area contributed by atoms with Crippen LogP contribution in [0.2, 0.25) is 13.1 Å². The van der Waals surface area contributed by atoms with Gasteiger partial charge in [-0.3, -0.25) is 6.08 Å². The molecule has 0 aliphatic heterocycles. The van der Waals surface area contributed by atoms with Crippen LogP contribution in [-0.4, -0.2) is 15.4 Å². The van der Waals surface area contributed by atoms with Gasteiger partial charge >= 0.3 is 21.7 Å². The van der Waals surface area contributed by atoms with Gasteiger partial charge in [0.25, 0.3) is 0 Å². The van der Waals surface area contributed by atoms with Gasteiger partial charge in [0, 0.05) is 15.4 Å². The molecule has 1 fully saturated rings. The van der Waals surface area contributed by atoms with E-state index < -0.39 is 0 Å². The Labute approximate surface area is 173 Å². The van der Waals surface area contributed by atoms with E-state index in [1.54, 1.807) is 0 Å². The molecule has 0 aromatic carbocycles. The van der Waals surface area contributed by atoms with Crippen molar-refractivity contribution in [2.45, 2.75) is 65.5 Å².